The van der Waals surface area contributed by atoms with Crippen LogP contribution in [0.4, 0.5) is 5.82 Å². The minimum absolute atomic E-state index is 0.143. The molecule has 7 nitrogen and oxygen atoms in total. The van der Waals surface area contributed by atoms with Crippen molar-refractivity contribution in [1.82, 2.24) is 10.3 Å². The van der Waals surface area contributed by atoms with Crippen molar-refractivity contribution in [1.29, 1.82) is 0 Å². The Morgan fingerprint density at radius 1 is 1.36 bits per heavy atom. The number of hydrogen-bond donors (Lipinski definition) is 2. The molecule has 1 aromatic carbocycles. The number of aliphatic imine (C=N–C) groups is 1. The standard InChI is InChI=1S/C17H18N4O3S/c18-13-9-25-15(19-13)17-10-23-7-6-12(17)8-24-16(21-17)20-14(22)11-4-2-1-3-5-11/h1-5,9,12H,6-8,10,18H2,(H,20,21,22)/t12-,17-/m0/s1. The van der Waals surface area contributed by atoms with E-state index in [1.807, 2.05) is 18.2 Å². The molecule has 2 aliphatic rings. The summed E-state index contributed by atoms with van der Waals surface area (Å²) in [5.41, 5.74) is 5.69. The third kappa shape index (κ3) is 2.98. The zero-order chi connectivity index (χ0) is 17.3. The highest BCUT2D eigenvalue weighted by Gasteiger charge is 2.49. The van der Waals surface area contributed by atoms with Crippen LogP contribution in [0, 0.1) is 5.92 Å². The van der Waals surface area contributed by atoms with Gasteiger partial charge in [-0.05, 0) is 18.6 Å². The van der Waals surface area contributed by atoms with Crippen molar-refractivity contribution in [2.45, 2.75) is 12.0 Å². The summed E-state index contributed by atoms with van der Waals surface area (Å²) in [4.78, 5) is 21.5. The van der Waals surface area contributed by atoms with Crippen molar-refractivity contribution in [3.8, 4) is 0 Å². The molecule has 8 heteroatoms. The molecule has 25 heavy (non-hydrogen) atoms. The number of carbonyl (C=O) groups is 1. The number of nitrogens with two attached hydrogens (primary N) is 1. The molecule has 1 aromatic heterocycles. The fourth-order valence-electron chi connectivity index (χ4n) is 3.14. The van der Waals surface area contributed by atoms with Crippen molar-refractivity contribution in [3.05, 3.63) is 46.3 Å². The zero-order valence-electron chi connectivity index (χ0n) is 13.5. The van der Waals surface area contributed by atoms with E-state index in [2.05, 4.69) is 10.3 Å². The molecule has 3 N–H and O–H groups in total. The number of nitrogens with one attached hydrogen (secondary N) is 1. The topological polar surface area (TPSA) is 98.8 Å². The van der Waals surface area contributed by atoms with Crippen molar-refractivity contribution >= 4 is 29.1 Å². The second-order valence-electron chi connectivity index (χ2n) is 6.09. The Morgan fingerprint density at radius 2 is 2.20 bits per heavy atom. The van der Waals surface area contributed by atoms with E-state index < -0.39 is 5.54 Å². The van der Waals surface area contributed by atoms with Crippen LogP contribution in [0.3, 0.4) is 0 Å². The van der Waals surface area contributed by atoms with Crippen molar-refractivity contribution in [2.75, 3.05) is 25.6 Å². The van der Waals surface area contributed by atoms with Gasteiger partial charge in [0.05, 0.1) is 13.2 Å². The Balaban J connectivity index is 1.65. The number of ether oxygens (including phenoxy) is 2. The van der Waals surface area contributed by atoms with Crippen LogP contribution in [0.15, 0.2) is 40.7 Å². The maximum absolute atomic E-state index is 12.4. The van der Waals surface area contributed by atoms with E-state index in [1.165, 1.54) is 11.3 Å². The minimum Gasteiger partial charge on any atom is -0.465 e. The number of aromatic nitrogens is 1. The Labute approximate surface area is 148 Å². The predicted octanol–water partition coefficient (Wildman–Crippen LogP) is 1.77. The van der Waals surface area contributed by atoms with Gasteiger partial charge < -0.3 is 15.2 Å². The second kappa shape index (κ2) is 6.45. The lowest BCUT2D eigenvalue weighted by atomic mass is 9.81. The summed E-state index contributed by atoms with van der Waals surface area (Å²) >= 11 is 1.46. The zero-order valence-corrected chi connectivity index (χ0v) is 14.3. The van der Waals surface area contributed by atoms with Gasteiger partial charge in [-0.15, -0.1) is 11.3 Å². The summed E-state index contributed by atoms with van der Waals surface area (Å²) in [6, 6.07) is 9.15. The number of hydrogen-bond acceptors (Lipinski definition) is 7. The molecule has 0 aliphatic carbocycles. The number of anilines is 1. The molecule has 130 valence electrons. The highest BCUT2D eigenvalue weighted by Crippen LogP contribution is 2.43. The fourth-order valence-corrected chi connectivity index (χ4v) is 4.06. The Kier molecular flexibility index (Phi) is 4.14. The molecule has 1 amide bonds. The molecule has 2 aromatic rings. The Morgan fingerprint density at radius 3 is 2.96 bits per heavy atom. The summed E-state index contributed by atoms with van der Waals surface area (Å²) in [6.45, 7) is 1.52. The average Bonchev–Trinajstić information content (AvgIpc) is 3.09. The predicted molar refractivity (Wildman–Crippen MR) is 94.4 cm³/mol. The van der Waals surface area contributed by atoms with Crippen LogP contribution < -0.4 is 11.1 Å². The first-order chi connectivity index (χ1) is 12.2. The molecule has 0 saturated carbocycles. The van der Waals surface area contributed by atoms with Crippen LogP contribution in [0.2, 0.25) is 0 Å². The smallest absolute Gasteiger partial charge is 0.292 e. The van der Waals surface area contributed by atoms with E-state index in [-0.39, 0.29) is 17.8 Å². The lowest BCUT2D eigenvalue weighted by Crippen LogP contribution is -2.51. The van der Waals surface area contributed by atoms with Crippen molar-refractivity contribution in [3.63, 3.8) is 0 Å². The number of nitrogens with zero attached hydrogens (tertiary/aromatic N) is 2. The minimum atomic E-state index is -0.655. The number of benzene rings is 1. The molecule has 1 fully saturated rings. The second-order valence-corrected chi connectivity index (χ2v) is 6.95. The summed E-state index contributed by atoms with van der Waals surface area (Å²) in [5, 5.41) is 5.34. The Bertz CT molecular complexity index is 807. The summed E-state index contributed by atoms with van der Waals surface area (Å²) in [7, 11) is 0. The van der Waals surface area contributed by atoms with E-state index in [9.17, 15) is 4.79 Å². The van der Waals surface area contributed by atoms with Gasteiger partial charge in [0.2, 0.25) is 0 Å². The first kappa shape index (κ1) is 16.0. The van der Waals surface area contributed by atoms with Crippen LogP contribution in [-0.4, -0.2) is 36.7 Å². The van der Waals surface area contributed by atoms with Crippen LogP contribution in [0.1, 0.15) is 21.8 Å². The maximum Gasteiger partial charge on any atom is 0.292 e. The molecule has 3 heterocycles. The van der Waals surface area contributed by atoms with Gasteiger partial charge in [0.1, 0.15) is 16.4 Å². The van der Waals surface area contributed by atoms with Gasteiger partial charge in [-0.25, -0.2) is 9.98 Å². The van der Waals surface area contributed by atoms with Crippen LogP contribution >= 0.6 is 11.3 Å². The third-order valence-corrected chi connectivity index (χ3v) is 5.51. The lowest BCUT2D eigenvalue weighted by Gasteiger charge is -2.42. The normalized spacial score (nSPS) is 25.4. The highest BCUT2D eigenvalue weighted by atomic mass is 32.1. The summed E-state index contributed by atoms with van der Waals surface area (Å²) < 4.78 is 11.4. The van der Waals surface area contributed by atoms with Crippen molar-refractivity contribution in [2.24, 2.45) is 10.9 Å². The van der Waals surface area contributed by atoms with Gasteiger partial charge in [-0.1, -0.05) is 18.2 Å². The summed E-state index contributed by atoms with van der Waals surface area (Å²) in [5.74, 6) is 0.350. The van der Waals surface area contributed by atoms with Crippen LogP contribution in [0.25, 0.3) is 0 Å². The van der Waals surface area contributed by atoms with E-state index in [1.54, 1.807) is 17.5 Å². The number of amides is 1. The molecule has 0 unspecified atom stereocenters. The lowest BCUT2D eigenvalue weighted by molar-refractivity contribution is -0.0327. The SMILES string of the molecule is Nc1csc([C@]23COCC[C@H]2COC(NC(=O)c2ccccc2)=N3)n1. The quantitative estimate of drug-likeness (QED) is 0.852. The molecule has 0 radical (unpaired) electrons. The highest BCUT2D eigenvalue weighted by molar-refractivity contribution is 7.10. The average molecular weight is 358 g/mol. The van der Waals surface area contributed by atoms with E-state index in [4.69, 9.17) is 20.2 Å². The number of rotatable bonds is 2. The molecule has 0 spiro atoms. The molecule has 0 bridgehead atoms. The molecule has 2 atom stereocenters. The van der Waals surface area contributed by atoms with Gasteiger partial charge in [0.25, 0.3) is 11.9 Å². The van der Waals surface area contributed by atoms with E-state index in [0.29, 0.717) is 31.2 Å². The summed E-state index contributed by atoms with van der Waals surface area (Å²) in [6.07, 6.45) is 0.822. The largest absolute Gasteiger partial charge is 0.465 e. The van der Waals surface area contributed by atoms with Gasteiger partial charge in [-0.2, -0.15) is 0 Å². The van der Waals surface area contributed by atoms with Crippen molar-refractivity contribution < 1.29 is 14.3 Å². The van der Waals surface area contributed by atoms with Gasteiger partial charge >= 0.3 is 0 Å². The molecule has 1 saturated heterocycles. The number of thiazole rings is 1. The van der Waals surface area contributed by atoms with E-state index in [0.717, 1.165) is 11.4 Å². The van der Waals surface area contributed by atoms with Crippen LogP contribution in [-0.2, 0) is 15.0 Å². The number of carbonyl (C=O) groups excluding carboxylic acids is 1. The molecule has 4 rings (SSSR count). The number of amidine groups is 1. The maximum atomic E-state index is 12.4. The molecule has 2 aliphatic heterocycles. The fraction of sp³-hybridized carbons (Fsp3) is 0.353. The first-order valence-corrected chi connectivity index (χ1v) is 8.93. The monoisotopic (exact) mass is 358 g/mol. The van der Waals surface area contributed by atoms with Gasteiger partial charge in [0.15, 0.2) is 0 Å². The van der Waals surface area contributed by atoms with E-state index >= 15 is 0 Å². The third-order valence-electron chi connectivity index (χ3n) is 4.48. The van der Waals surface area contributed by atoms with Gasteiger partial charge in [-0.3, -0.25) is 10.1 Å². The first-order valence-electron chi connectivity index (χ1n) is 8.06. The van der Waals surface area contributed by atoms with Gasteiger partial charge in [0, 0.05) is 23.5 Å². The molecular formula is C17H18N4O3S. The Hall–Kier alpha value is -2.45. The number of nitrogen functional groups attached to an aromatic ring is 1. The molecular weight excluding hydrogens is 340 g/mol. The van der Waals surface area contributed by atoms with Crippen LogP contribution in [0.5, 0.6) is 0 Å². The number of fused-ring (bicyclic) bond motifs is 1.